The fourth-order valence-electron chi connectivity index (χ4n) is 4.85. The molecule has 1 saturated carbocycles. The zero-order valence-electron chi connectivity index (χ0n) is 16.2. The Labute approximate surface area is 165 Å². The standard InChI is InChI=1S/C22H29NO5/c24-21(16-4-3-7-18(14-16)28-17-5-1-2-6-17)23-11-8-15(9-12-23)20-19(22(25)26)10-13-27-20/h3-4,7,14-15,17,19-20H,1-2,5-6,8-13H2,(H,25,26)/t19?,20-/m0/s1. The van der Waals surface area contributed by atoms with E-state index in [1.807, 2.05) is 29.2 Å². The molecule has 6 heteroatoms. The van der Waals surface area contributed by atoms with Crippen LogP contribution in [0, 0.1) is 11.8 Å². The number of piperidine rings is 1. The van der Waals surface area contributed by atoms with Crippen molar-refractivity contribution >= 4 is 11.9 Å². The van der Waals surface area contributed by atoms with Crippen molar-refractivity contribution in [3.63, 3.8) is 0 Å². The number of carbonyl (C=O) groups excluding carboxylic acids is 1. The van der Waals surface area contributed by atoms with Gasteiger partial charge in [-0.3, -0.25) is 9.59 Å². The van der Waals surface area contributed by atoms with E-state index >= 15 is 0 Å². The molecule has 1 aromatic rings. The molecule has 2 aliphatic heterocycles. The second-order valence-corrected chi connectivity index (χ2v) is 8.25. The van der Waals surface area contributed by atoms with Gasteiger partial charge in [0, 0.05) is 25.3 Å². The second kappa shape index (κ2) is 8.52. The molecule has 1 amide bonds. The van der Waals surface area contributed by atoms with Crippen LogP contribution in [0.15, 0.2) is 24.3 Å². The minimum Gasteiger partial charge on any atom is -0.490 e. The van der Waals surface area contributed by atoms with Gasteiger partial charge in [-0.05, 0) is 69.1 Å². The van der Waals surface area contributed by atoms with Crippen LogP contribution in [0.4, 0.5) is 0 Å². The van der Waals surface area contributed by atoms with Gasteiger partial charge in [-0.15, -0.1) is 0 Å². The van der Waals surface area contributed by atoms with Gasteiger partial charge in [0.05, 0.1) is 18.1 Å². The highest BCUT2D eigenvalue weighted by Crippen LogP contribution is 2.33. The van der Waals surface area contributed by atoms with Crippen molar-refractivity contribution in [2.24, 2.45) is 11.8 Å². The molecule has 2 atom stereocenters. The molecule has 0 spiro atoms. The van der Waals surface area contributed by atoms with E-state index in [2.05, 4.69) is 0 Å². The van der Waals surface area contributed by atoms with E-state index in [0.717, 1.165) is 31.4 Å². The van der Waals surface area contributed by atoms with Crippen LogP contribution in [-0.2, 0) is 9.53 Å². The number of rotatable bonds is 5. The Kier molecular flexibility index (Phi) is 5.85. The van der Waals surface area contributed by atoms with Gasteiger partial charge >= 0.3 is 5.97 Å². The Balaban J connectivity index is 1.34. The van der Waals surface area contributed by atoms with Crippen molar-refractivity contribution in [2.45, 2.75) is 57.2 Å². The lowest BCUT2D eigenvalue weighted by Crippen LogP contribution is -2.43. The van der Waals surface area contributed by atoms with Crippen LogP contribution in [-0.4, -0.2) is 53.8 Å². The van der Waals surface area contributed by atoms with Gasteiger partial charge in [-0.25, -0.2) is 0 Å². The first-order valence-electron chi connectivity index (χ1n) is 10.5. The van der Waals surface area contributed by atoms with Crippen LogP contribution >= 0.6 is 0 Å². The molecule has 3 fully saturated rings. The summed E-state index contributed by atoms with van der Waals surface area (Å²) in [6, 6.07) is 7.50. The molecule has 2 heterocycles. The number of ether oxygens (including phenoxy) is 2. The largest absolute Gasteiger partial charge is 0.490 e. The number of hydrogen-bond donors (Lipinski definition) is 1. The predicted octanol–water partition coefficient (Wildman–Crippen LogP) is 3.35. The molecule has 2 saturated heterocycles. The molecule has 1 aromatic carbocycles. The lowest BCUT2D eigenvalue weighted by molar-refractivity contribution is -0.145. The van der Waals surface area contributed by atoms with Crippen LogP contribution in [0.5, 0.6) is 5.75 Å². The molecular formula is C22H29NO5. The van der Waals surface area contributed by atoms with E-state index in [-0.39, 0.29) is 24.0 Å². The van der Waals surface area contributed by atoms with Gasteiger partial charge in [0.15, 0.2) is 0 Å². The molecular weight excluding hydrogens is 358 g/mol. The van der Waals surface area contributed by atoms with Gasteiger partial charge in [-0.2, -0.15) is 0 Å². The first-order valence-corrected chi connectivity index (χ1v) is 10.5. The maximum absolute atomic E-state index is 12.9. The van der Waals surface area contributed by atoms with E-state index in [9.17, 15) is 14.7 Å². The molecule has 6 nitrogen and oxygen atoms in total. The van der Waals surface area contributed by atoms with Gasteiger partial charge in [0.1, 0.15) is 5.75 Å². The molecule has 1 unspecified atom stereocenters. The lowest BCUT2D eigenvalue weighted by Gasteiger charge is -2.35. The summed E-state index contributed by atoms with van der Waals surface area (Å²) in [4.78, 5) is 26.2. The Morgan fingerprint density at radius 1 is 1.07 bits per heavy atom. The van der Waals surface area contributed by atoms with Crippen molar-refractivity contribution in [3.8, 4) is 5.75 Å². The zero-order valence-corrected chi connectivity index (χ0v) is 16.2. The van der Waals surface area contributed by atoms with Crippen LogP contribution in [0.1, 0.15) is 55.3 Å². The average Bonchev–Trinajstić information content (AvgIpc) is 3.40. The van der Waals surface area contributed by atoms with Gasteiger partial charge in [0.25, 0.3) is 5.91 Å². The van der Waals surface area contributed by atoms with Crippen molar-refractivity contribution in [3.05, 3.63) is 29.8 Å². The van der Waals surface area contributed by atoms with Crippen molar-refractivity contribution in [2.75, 3.05) is 19.7 Å². The van der Waals surface area contributed by atoms with E-state index in [4.69, 9.17) is 9.47 Å². The highest BCUT2D eigenvalue weighted by Gasteiger charge is 2.40. The van der Waals surface area contributed by atoms with Crippen molar-refractivity contribution < 1.29 is 24.2 Å². The van der Waals surface area contributed by atoms with Crippen molar-refractivity contribution in [1.82, 2.24) is 4.90 Å². The van der Waals surface area contributed by atoms with E-state index in [1.165, 1.54) is 12.8 Å². The summed E-state index contributed by atoms with van der Waals surface area (Å²) in [7, 11) is 0. The van der Waals surface area contributed by atoms with Crippen LogP contribution in [0.2, 0.25) is 0 Å². The summed E-state index contributed by atoms with van der Waals surface area (Å²) >= 11 is 0. The third kappa shape index (κ3) is 4.17. The topological polar surface area (TPSA) is 76.1 Å². The Hall–Kier alpha value is -2.08. The summed E-state index contributed by atoms with van der Waals surface area (Å²) in [5.74, 6) is -0.157. The number of aliphatic carboxylic acids is 1. The minimum atomic E-state index is -0.764. The van der Waals surface area contributed by atoms with E-state index < -0.39 is 11.9 Å². The molecule has 28 heavy (non-hydrogen) atoms. The molecule has 1 N–H and O–H groups in total. The summed E-state index contributed by atoms with van der Waals surface area (Å²) in [5.41, 5.74) is 0.662. The SMILES string of the molecule is O=C(O)C1CCO[C@H]1C1CCN(C(=O)c2cccc(OC3CCCC3)c2)CC1. The maximum atomic E-state index is 12.9. The van der Waals surface area contributed by atoms with Crippen LogP contribution < -0.4 is 4.74 Å². The number of benzene rings is 1. The number of nitrogens with zero attached hydrogens (tertiary/aromatic N) is 1. The first-order chi connectivity index (χ1) is 13.6. The maximum Gasteiger partial charge on any atom is 0.309 e. The molecule has 0 aromatic heterocycles. The molecule has 3 aliphatic rings. The predicted molar refractivity (Wildman–Crippen MR) is 103 cm³/mol. The first kappa shape index (κ1) is 19.2. The summed E-state index contributed by atoms with van der Waals surface area (Å²) < 4.78 is 11.8. The smallest absolute Gasteiger partial charge is 0.309 e. The number of carboxylic acids is 1. The molecule has 152 valence electrons. The Morgan fingerprint density at radius 3 is 2.54 bits per heavy atom. The van der Waals surface area contributed by atoms with E-state index in [1.54, 1.807) is 0 Å². The fraction of sp³-hybridized carbons (Fsp3) is 0.636. The zero-order chi connectivity index (χ0) is 19.5. The number of hydrogen-bond acceptors (Lipinski definition) is 4. The monoisotopic (exact) mass is 387 g/mol. The third-order valence-corrected chi connectivity index (χ3v) is 6.43. The third-order valence-electron chi connectivity index (χ3n) is 6.43. The normalized spacial score (nSPS) is 26.5. The highest BCUT2D eigenvalue weighted by atomic mass is 16.5. The van der Waals surface area contributed by atoms with E-state index in [0.29, 0.717) is 31.7 Å². The van der Waals surface area contributed by atoms with Gasteiger partial charge < -0.3 is 19.5 Å². The molecule has 4 rings (SSSR count). The quantitative estimate of drug-likeness (QED) is 0.838. The van der Waals surface area contributed by atoms with Crippen LogP contribution in [0.3, 0.4) is 0 Å². The number of carboxylic acid groups (broad SMARTS) is 1. The van der Waals surface area contributed by atoms with Gasteiger partial charge in [-0.1, -0.05) is 6.07 Å². The summed E-state index contributed by atoms with van der Waals surface area (Å²) in [5, 5.41) is 9.37. The summed E-state index contributed by atoms with van der Waals surface area (Å²) in [6.07, 6.45) is 6.84. The van der Waals surface area contributed by atoms with Crippen LogP contribution in [0.25, 0.3) is 0 Å². The molecule has 1 aliphatic carbocycles. The van der Waals surface area contributed by atoms with Gasteiger partial charge in [0.2, 0.25) is 0 Å². The Bertz CT molecular complexity index is 707. The second-order valence-electron chi connectivity index (χ2n) is 8.25. The number of carbonyl (C=O) groups is 2. The summed E-state index contributed by atoms with van der Waals surface area (Å²) in [6.45, 7) is 1.81. The lowest BCUT2D eigenvalue weighted by atomic mass is 9.84. The highest BCUT2D eigenvalue weighted by molar-refractivity contribution is 5.94. The fourth-order valence-corrected chi connectivity index (χ4v) is 4.85. The Morgan fingerprint density at radius 2 is 1.82 bits per heavy atom. The number of likely N-dealkylation sites (tertiary alicyclic amines) is 1. The molecule has 0 radical (unpaired) electrons. The minimum absolute atomic E-state index is 0.0254. The number of amides is 1. The van der Waals surface area contributed by atoms with Crippen molar-refractivity contribution in [1.29, 1.82) is 0 Å². The molecule has 0 bridgehead atoms. The average molecular weight is 387 g/mol.